The summed E-state index contributed by atoms with van der Waals surface area (Å²) in [5.41, 5.74) is 0. The first kappa shape index (κ1) is 17.2. The molecule has 0 heterocycles. The van der Waals surface area contributed by atoms with Gasteiger partial charge in [-0.05, 0) is 30.7 Å². The molecule has 0 radical (unpaired) electrons. The Morgan fingerprint density at radius 1 is 1.52 bits per heavy atom. The lowest BCUT2D eigenvalue weighted by atomic mass is 10.1. The largest absolute Gasteiger partial charge is 0.462 e. The molecule has 114 valence electrons. The number of ketones is 1. The van der Waals surface area contributed by atoms with E-state index < -0.39 is 6.23 Å². The molecule has 0 fully saturated rings. The number of Topliss-reactive ketones (excluding diaryl/α,β-unsaturated/α-hetero) is 1. The molecule has 0 aliphatic rings. The number of aliphatic imine (C=N–C) groups is 1. The van der Waals surface area contributed by atoms with Crippen molar-refractivity contribution in [1.82, 2.24) is 5.01 Å². The number of hydrogen-bond donors (Lipinski definition) is 1. The molecule has 1 aromatic rings. The number of carbonyl (C=O) groups excluding carboxylic acids is 1. The minimum atomic E-state index is -0.929. The van der Waals surface area contributed by atoms with Crippen molar-refractivity contribution in [3.05, 3.63) is 42.1 Å². The van der Waals surface area contributed by atoms with Crippen molar-refractivity contribution >= 4 is 23.7 Å². The van der Waals surface area contributed by atoms with E-state index in [1.54, 1.807) is 24.3 Å². The molecular weight excluding hydrogens is 290 g/mol. The summed E-state index contributed by atoms with van der Waals surface area (Å²) in [4.78, 5) is 16.0. The molecule has 1 rings (SSSR count). The van der Waals surface area contributed by atoms with Gasteiger partial charge in [-0.15, -0.1) is 0 Å². The van der Waals surface area contributed by atoms with Crippen molar-refractivity contribution in [2.45, 2.75) is 32.4 Å². The first-order chi connectivity index (χ1) is 10.1. The summed E-state index contributed by atoms with van der Waals surface area (Å²) < 4.78 is 5.65. The Morgan fingerprint density at radius 3 is 2.76 bits per heavy atom. The Hall–Kier alpha value is -1.85. The molecule has 0 spiro atoms. The third-order valence-electron chi connectivity index (χ3n) is 2.69. The summed E-state index contributed by atoms with van der Waals surface area (Å²) in [7, 11) is 0. The topological polar surface area (TPSA) is 67.9 Å². The Kier molecular flexibility index (Phi) is 7.50. The van der Waals surface area contributed by atoms with E-state index in [0.717, 1.165) is 17.9 Å². The van der Waals surface area contributed by atoms with Gasteiger partial charge < -0.3 is 4.74 Å². The summed E-state index contributed by atoms with van der Waals surface area (Å²) >= 11 is 5.82. The molecular formula is C15H20ClN3O2. The van der Waals surface area contributed by atoms with E-state index >= 15 is 0 Å². The molecule has 0 saturated carbocycles. The van der Waals surface area contributed by atoms with Crippen LogP contribution >= 0.6 is 11.6 Å². The van der Waals surface area contributed by atoms with Crippen LogP contribution in [0.4, 0.5) is 0 Å². The molecule has 6 heteroatoms. The van der Waals surface area contributed by atoms with Crippen LogP contribution in [0, 0.1) is 0 Å². The van der Waals surface area contributed by atoms with Gasteiger partial charge in [0.05, 0.1) is 0 Å². The third kappa shape index (κ3) is 5.97. The second-order valence-corrected chi connectivity index (χ2v) is 4.82. The van der Waals surface area contributed by atoms with Gasteiger partial charge in [-0.2, -0.15) is 0 Å². The summed E-state index contributed by atoms with van der Waals surface area (Å²) in [6.45, 7) is 5.48. The Balaban J connectivity index is 2.84. The second-order valence-electron chi connectivity index (χ2n) is 4.39. The van der Waals surface area contributed by atoms with Gasteiger partial charge in [0, 0.05) is 17.6 Å². The summed E-state index contributed by atoms with van der Waals surface area (Å²) in [5.74, 6) is 6.22. The number of unbranched alkanes of at least 4 members (excludes halogenated alkanes) is 1. The van der Waals surface area contributed by atoms with Crippen LogP contribution in [0.1, 0.15) is 26.2 Å². The molecule has 1 unspecified atom stereocenters. The van der Waals surface area contributed by atoms with Crippen LogP contribution in [0.3, 0.4) is 0 Å². The fourth-order valence-electron chi connectivity index (χ4n) is 1.59. The summed E-state index contributed by atoms with van der Waals surface area (Å²) in [6.07, 6.45) is 3.80. The predicted molar refractivity (Wildman–Crippen MR) is 85.1 cm³/mol. The normalized spacial score (nSPS) is 12.1. The second kappa shape index (κ2) is 9.15. The van der Waals surface area contributed by atoms with Crippen molar-refractivity contribution in [2.24, 2.45) is 10.8 Å². The summed E-state index contributed by atoms with van der Waals surface area (Å²) in [5, 5.41) is 1.72. The quantitative estimate of drug-likeness (QED) is 0.250. The zero-order valence-corrected chi connectivity index (χ0v) is 12.8. The van der Waals surface area contributed by atoms with E-state index in [0.29, 0.717) is 17.2 Å². The van der Waals surface area contributed by atoms with E-state index in [1.807, 2.05) is 6.92 Å². The van der Waals surface area contributed by atoms with Gasteiger partial charge in [-0.25, -0.2) is 10.8 Å². The van der Waals surface area contributed by atoms with Crippen LogP contribution in [0.25, 0.3) is 0 Å². The molecule has 0 aromatic heterocycles. The first-order valence-corrected chi connectivity index (χ1v) is 7.08. The molecule has 0 aliphatic carbocycles. The van der Waals surface area contributed by atoms with Crippen molar-refractivity contribution in [3.63, 3.8) is 0 Å². The Bertz CT molecular complexity index is 488. The number of hydrogen-bond acceptors (Lipinski definition) is 4. The standard InChI is InChI=1S/C15H20ClN3O2/c1-3-5-6-14(20)15(19(17)11-18-4-2)21-13-9-7-12(16)8-10-13/h4,7-11,15H,2-3,5-6,17H2,1H3. The van der Waals surface area contributed by atoms with Crippen molar-refractivity contribution in [2.75, 3.05) is 0 Å². The van der Waals surface area contributed by atoms with Gasteiger partial charge >= 0.3 is 0 Å². The predicted octanol–water partition coefficient (Wildman–Crippen LogP) is 3.15. The third-order valence-corrected chi connectivity index (χ3v) is 2.94. The maximum atomic E-state index is 12.2. The highest BCUT2D eigenvalue weighted by atomic mass is 35.5. The highest BCUT2D eigenvalue weighted by Gasteiger charge is 2.23. The monoisotopic (exact) mass is 309 g/mol. The molecule has 1 aromatic carbocycles. The van der Waals surface area contributed by atoms with Crippen LogP contribution in [-0.2, 0) is 4.79 Å². The SMILES string of the molecule is C=CN=CN(N)C(Oc1ccc(Cl)cc1)C(=O)CCCC. The van der Waals surface area contributed by atoms with Crippen molar-refractivity contribution < 1.29 is 9.53 Å². The zero-order valence-electron chi connectivity index (χ0n) is 12.0. The lowest BCUT2D eigenvalue weighted by molar-refractivity contribution is -0.131. The number of rotatable bonds is 9. The minimum Gasteiger partial charge on any atom is -0.462 e. The lowest BCUT2D eigenvalue weighted by Crippen LogP contribution is -2.48. The van der Waals surface area contributed by atoms with Crippen molar-refractivity contribution in [1.29, 1.82) is 0 Å². The highest BCUT2D eigenvalue weighted by Crippen LogP contribution is 2.18. The molecule has 2 N–H and O–H groups in total. The minimum absolute atomic E-state index is 0.107. The fraction of sp³-hybridized carbons (Fsp3) is 0.333. The number of ether oxygens (including phenoxy) is 1. The smallest absolute Gasteiger partial charge is 0.245 e. The highest BCUT2D eigenvalue weighted by molar-refractivity contribution is 6.30. The van der Waals surface area contributed by atoms with E-state index in [9.17, 15) is 4.79 Å². The number of carbonyl (C=O) groups is 1. The number of benzene rings is 1. The van der Waals surface area contributed by atoms with Crippen LogP contribution in [0.15, 0.2) is 42.0 Å². The lowest BCUT2D eigenvalue weighted by Gasteiger charge is -2.25. The van der Waals surface area contributed by atoms with E-state index in [-0.39, 0.29) is 5.78 Å². The number of nitrogens with zero attached hydrogens (tertiary/aromatic N) is 2. The maximum Gasteiger partial charge on any atom is 0.245 e. The molecule has 0 bridgehead atoms. The average Bonchev–Trinajstić information content (AvgIpc) is 2.49. The molecule has 0 saturated heterocycles. The van der Waals surface area contributed by atoms with Gasteiger partial charge in [0.25, 0.3) is 0 Å². The van der Waals surface area contributed by atoms with Crippen LogP contribution < -0.4 is 10.6 Å². The van der Waals surface area contributed by atoms with Crippen LogP contribution in [0.5, 0.6) is 5.75 Å². The van der Waals surface area contributed by atoms with Gasteiger partial charge in [-0.3, -0.25) is 9.80 Å². The molecule has 1 atom stereocenters. The van der Waals surface area contributed by atoms with Crippen LogP contribution in [0.2, 0.25) is 5.02 Å². The molecule has 5 nitrogen and oxygen atoms in total. The van der Waals surface area contributed by atoms with E-state index in [2.05, 4.69) is 11.6 Å². The maximum absolute atomic E-state index is 12.2. The van der Waals surface area contributed by atoms with Crippen LogP contribution in [-0.4, -0.2) is 23.4 Å². The fourth-order valence-corrected chi connectivity index (χ4v) is 1.72. The molecule has 0 aliphatic heterocycles. The van der Waals surface area contributed by atoms with Gasteiger partial charge in [-0.1, -0.05) is 31.5 Å². The van der Waals surface area contributed by atoms with Gasteiger partial charge in [0.15, 0.2) is 5.78 Å². The number of halogens is 1. The Morgan fingerprint density at radius 2 is 2.19 bits per heavy atom. The van der Waals surface area contributed by atoms with Gasteiger partial charge in [0.2, 0.25) is 6.23 Å². The van der Waals surface area contributed by atoms with Gasteiger partial charge in [0.1, 0.15) is 12.1 Å². The van der Waals surface area contributed by atoms with Crippen molar-refractivity contribution in [3.8, 4) is 5.75 Å². The average molecular weight is 310 g/mol. The zero-order chi connectivity index (χ0) is 15.7. The molecule has 21 heavy (non-hydrogen) atoms. The summed E-state index contributed by atoms with van der Waals surface area (Å²) in [6, 6.07) is 6.73. The number of hydrazine groups is 1. The van der Waals surface area contributed by atoms with E-state index in [1.165, 1.54) is 12.5 Å². The number of nitrogens with two attached hydrogens (primary N) is 1. The first-order valence-electron chi connectivity index (χ1n) is 6.70. The van der Waals surface area contributed by atoms with E-state index in [4.69, 9.17) is 22.2 Å². The Labute approximate surface area is 130 Å². The molecule has 0 amide bonds.